The zero-order valence-corrected chi connectivity index (χ0v) is 11.5. The van der Waals surface area contributed by atoms with E-state index in [0.717, 1.165) is 12.2 Å². The predicted molar refractivity (Wildman–Crippen MR) is 70.5 cm³/mol. The fourth-order valence-electron chi connectivity index (χ4n) is 2.15. The van der Waals surface area contributed by atoms with Gasteiger partial charge in [0, 0.05) is 25.0 Å². The molecule has 2 unspecified atom stereocenters. The molecule has 2 heterocycles. The van der Waals surface area contributed by atoms with Crippen LogP contribution in [0.2, 0.25) is 0 Å². The fourth-order valence-corrected chi connectivity index (χ4v) is 2.86. The van der Waals surface area contributed by atoms with Crippen LogP contribution in [0.25, 0.3) is 0 Å². The van der Waals surface area contributed by atoms with E-state index in [1.54, 1.807) is 0 Å². The largest absolute Gasteiger partial charge is 0.394 e. The summed E-state index contributed by atoms with van der Waals surface area (Å²) in [7, 11) is 0. The second kappa shape index (κ2) is 6.40. The summed E-state index contributed by atoms with van der Waals surface area (Å²) in [6.07, 6.45) is -0.0782. The molecule has 8 heteroatoms. The van der Waals surface area contributed by atoms with E-state index < -0.39 is 0 Å². The van der Waals surface area contributed by atoms with Crippen molar-refractivity contribution in [3.63, 3.8) is 0 Å². The van der Waals surface area contributed by atoms with Crippen molar-refractivity contribution in [2.24, 2.45) is 5.84 Å². The zero-order valence-electron chi connectivity index (χ0n) is 10.7. The monoisotopic (exact) mass is 286 g/mol. The SMILES string of the molecule is CC1CN(Cc2csc(C(=O)NN)n2)CC(CO)O1. The maximum atomic E-state index is 11.3. The average molecular weight is 286 g/mol. The molecule has 7 nitrogen and oxygen atoms in total. The number of aliphatic hydroxyl groups excluding tert-OH is 1. The van der Waals surface area contributed by atoms with Crippen LogP contribution >= 0.6 is 11.3 Å². The average Bonchev–Trinajstić information content (AvgIpc) is 2.85. The van der Waals surface area contributed by atoms with Crippen LogP contribution in [0.4, 0.5) is 0 Å². The number of aliphatic hydroxyl groups is 1. The molecular weight excluding hydrogens is 268 g/mol. The Labute approximate surface area is 115 Å². The van der Waals surface area contributed by atoms with Crippen molar-refractivity contribution in [1.82, 2.24) is 15.3 Å². The third kappa shape index (κ3) is 3.71. The Kier molecular flexibility index (Phi) is 4.83. The Bertz CT molecular complexity index is 439. The molecule has 1 aromatic rings. The van der Waals surface area contributed by atoms with Crippen LogP contribution < -0.4 is 11.3 Å². The highest BCUT2D eigenvalue weighted by Crippen LogP contribution is 2.16. The number of nitrogen functional groups attached to an aromatic ring is 1. The van der Waals surface area contributed by atoms with Crippen molar-refractivity contribution < 1.29 is 14.6 Å². The molecule has 4 N–H and O–H groups in total. The number of nitrogens with one attached hydrogen (secondary N) is 1. The van der Waals surface area contributed by atoms with Crippen LogP contribution in [-0.2, 0) is 11.3 Å². The van der Waals surface area contributed by atoms with Crippen LogP contribution in [0.3, 0.4) is 0 Å². The van der Waals surface area contributed by atoms with E-state index in [-0.39, 0.29) is 24.7 Å². The lowest BCUT2D eigenvalue weighted by atomic mass is 10.2. The van der Waals surface area contributed by atoms with Crippen molar-refractivity contribution in [3.05, 3.63) is 16.1 Å². The lowest BCUT2D eigenvalue weighted by molar-refractivity contribution is -0.0974. The normalized spacial score (nSPS) is 24.4. The third-order valence-corrected chi connectivity index (χ3v) is 3.76. The van der Waals surface area contributed by atoms with Crippen LogP contribution in [0, 0.1) is 0 Å². The molecule has 106 valence electrons. The first-order chi connectivity index (χ1) is 9.12. The molecule has 1 fully saturated rings. The minimum Gasteiger partial charge on any atom is -0.394 e. The summed E-state index contributed by atoms with van der Waals surface area (Å²) in [5.41, 5.74) is 2.89. The van der Waals surface area contributed by atoms with Crippen molar-refractivity contribution >= 4 is 17.2 Å². The van der Waals surface area contributed by atoms with E-state index in [2.05, 4.69) is 15.3 Å². The van der Waals surface area contributed by atoms with E-state index in [1.165, 1.54) is 11.3 Å². The number of hydrogen-bond donors (Lipinski definition) is 3. The van der Waals surface area contributed by atoms with Crippen LogP contribution in [0.1, 0.15) is 22.4 Å². The Morgan fingerprint density at radius 1 is 1.74 bits per heavy atom. The number of thiazole rings is 1. The number of ether oxygens (including phenoxy) is 1. The summed E-state index contributed by atoms with van der Waals surface area (Å²) in [6, 6.07) is 0. The summed E-state index contributed by atoms with van der Waals surface area (Å²) in [6.45, 7) is 4.07. The smallest absolute Gasteiger partial charge is 0.294 e. The van der Waals surface area contributed by atoms with Gasteiger partial charge in [-0.25, -0.2) is 10.8 Å². The molecule has 0 saturated carbocycles. The minimum absolute atomic E-state index is 0.0126. The Balaban J connectivity index is 1.96. The van der Waals surface area contributed by atoms with E-state index in [4.69, 9.17) is 15.7 Å². The molecule has 1 saturated heterocycles. The number of hydrogen-bond acceptors (Lipinski definition) is 7. The highest BCUT2D eigenvalue weighted by atomic mass is 32.1. The first-order valence-electron chi connectivity index (χ1n) is 6.06. The van der Waals surface area contributed by atoms with E-state index in [0.29, 0.717) is 18.1 Å². The summed E-state index contributed by atoms with van der Waals surface area (Å²) >= 11 is 1.27. The van der Waals surface area contributed by atoms with Gasteiger partial charge in [-0.05, 0) is 6.92 Å². The lowest BCUT2D eigenvalue weighted by Gasteiger charge is -2.35. The molecule has 1 aromatic heterocycles. The van der Waals surface area contributed by atoms with Gasteiger partial charge in [0.25, 0.3) is 5.91 Å². The fraction of sp³-hybridized carbons (Fsp3) is 0.636. The number of amides is 1. The van der Waals surface area contributed by atoms with Gasteiger partial charge in [0.1, 0.15) is 0 Å². The number of hydrazine groups is 1. The number of nitrogens with two attached hydrogens (primary N) is 1. The van der Waals surface area contributed by atoms with E-state index >= 15 is 0 Å². The molecular formula is C11H18N4O3S. The Morgan fingerprint density at radius 3 is 3.21 bits per heavy atom. The molecule has 2 atom stereocenters. The second-order valence-corrected chi connectivity index (χ2v) is 5.42. The predicted octanol–water partition coefficient (Wildman–Crippen LogP) is -0.672. The van der Waals surface area contributed by atoms with Crippen molar-refractivity contribution in [1.29, 1.82) is 0 Å². The van der Waals surface area contributed by atoms with Crippen LogP contribution in [0.5, 0.6) is 0 Å². The number of rotatable bonds is 4. The summed E-state index contributed by atoms with van der Waals surface area (Å²) in [5.74, 6) is 4.69. The molecule has 1 aliphatic rings. The van der Waals surface area contributed by atoms with Crippen LogP contribution in [0.15, 0.2) is 5.38 Å². The van der Waals surface area contributed by atoms with Gasteiger partial charge in [-0.2, -0.15) is 0 Å². The van der Waals surface area contributed by atoms with Crippen molar-refractivity contribution in [2.75, 3.05) is 19.7 Å². The van der Waals surface area contributed by atoms with Gasteiger partial charge in [0.05, 0.1) is 24.5 Å². The number of aromatic nitrogens is 1. The van der Waals surface area contributed by atoms with Gasteiger partial charge in [-0.1, -0.05) is 0 Å². The molecule has 19 heavy (non-hydrogen) atoms. The molecule has 0 radical (unpaired) electrons. The van der Waals surface area contributed by atoms with Crippen molar-refractivity contribution in [2.45, 2.75) is 25.7 Å². The van der Waals surface area contributed by atoms with E-state index in [1.807, 2.05) is 12.3 Å². The van der Waals surface area contributed by atoms with Crippen molar-refractivity contribution in [3.8, 4) is 0 Å². The highest BCUT2D eigenvalue weighted by molar-refractivity contribution is 7.11. The number of nitrogens with zero attached hydrogens (tertiary/aromatic N) is 2. The van der Waals surface area contributed by atoms with Gasteiger partial charge in [-0.3, -0.25) is 15.1 Å². The maximum Gasteiger partial charge on any atom is 0.294 e. The molecule has 0 aromatic carbocycles. The lowest BCUT2D eigenvalue weighted by Crippen LogP contribution is -2.47. The molecule has 2 rings (SSSR count). The minimum atomic E-state index is -0.375. The second-order valence-electron chi connectivity index (χ2n) is 4.56. The third-order valence-electron chi connectivity index (χ3n) is 2.87. The van der Waals surface area contributed by atoms with Gasteiger partial charge < -0.3 is 9.84 Å². The molecule has 1 aliphatic heterocycles. The van der Waals surface area contributed by atoms with Gasteiger partial charge in [0.2, 0.25) is 0 Å². The quantitative estimate of drug-likeness (QED) is 0.385. The van der Waals surface area contributed by atoms with Crippen LogP contribution in [-0.4, -0.2) is 52.8 Å². The highest BCUT2D eigenvalue weighted by Gasteiger charge is 2.25. The van der Waals surface area contributed by atoms with Gasteiger partial charge in [0.15, 0.2) is 5.01 Å². The summed E-state index contributed by atoms with van der Waals surface area (Å²) < 4.78 is 5.57. The molecule has 1 amide bonds. The first-order valence-corrected chi connectivity index (χ1v) is 6.94. The Hall–Kier alpha value is -1.06. The summed E-state index contributed by atoms with van der Waals surface area (Å²) in [4.78, 5) is 17.7. The standard InChI is InChI=1S/C11H18N4O3S/c1-7-2-15(4-9(5-16)18-7)3-8-6-19-11(13-8)10(17)14-12/h6-7,9,16H,2-5,12H2,1H3,(H,14,17). The number of carbonyl (C=O) groups is 1. The summed E-state index contributed by atoms with van der Waals surface area (Å²) in [5, 5.41) is 11.4. The zero-order chi connectivity index (χ0) is 13.8. The molecule has 0 bridgehead atoms. The number of morpholine rings is 1. The van der Waals surface area contributed by atoms with Gasteiger partial charge >= 0.3 is 0 Å². The molecule has 0 spiro atoms. The Morgan fingerprint density at radius 2 is 2.53 bits per heavy atom. The first kappa shape index (κ1) is 14.4. The van der Waals surface area contributed by atoms with E-state index in [9.17, 15) is 4.79 Å². The number of carbonyl (C=O) groups excluding carboxylic acids is 1. The molecule has 0 aliphatic carbocycles. The maximum absolute atomic E-state index is 11.3. The van der Waals surface area contributed by atoms with Gasteiger partial charge in [-0.15, -0.1) is 11.3 Å². The topological polar surface area (TPSA) is 101 Å².